The highest BCUT2D eigenvalue weighted by Gasteiger charge is 2.21. The van der Waals surface area contributed by atoms with Gasteiger partial charge in [0.2, 0.25) is 0 Å². The Morgan fingerprint density at radius 2 is 1.79 bits per heavy atom. The minimum Gasteiger partial charge on any atom is -0.482 e. The van der Waals surface area contributed by atoms with Gasteiger partial charge in [-0.3, -0.25) is 4.79 Å². The summed E-state index contributed by atoms with van der Waals surface area (Å²) in [6, 6.07) is 12.4. The number of rotatable bonds is 7. The number of carbonyl (C=O) groups excluding carboxylic acids is 2. The SMILES string of the molecule is CC(C)c1ccc(NC(=O)COc2cc(C(=O)OC3CCCC3)ccc2N)cc1. The lowest BCUT2D eigenvalue weighted by atomic mass is 10.0. The molecule has 0 spiro atoms. The lowest BCUT2D eigenvalue weighted by molar-refractivity contribution is -0.118. The number of carbonyl (C=O) groups is 2. The molecule has 2 aromatic carbocycles. The number of anilines is 2. The number of benzene rings is 2. The molecule has 3 rings (SSSR count). The van der Waals surface area contributed by atoms with Gasteiger partial charge in [0, 0.05) is 5.69 Å². The van der Waals surface area contributed by atoms with Crippen LogP contribution in [0.1, 0.15) is 61.4 Å². The van der Waals surface area contributed by atoms with Crippen molar-refractivity contribution in [3.8, 4) is 5.75 Å². The molecule has 0 aliphatic heterocycles. The summed E-state index contributed by atoms with van der Waals surface area (Å²) in [7, 11) is 0. The van der Waals surface area contributed by atoms with Crippen molar-refractivity contribution in [3.63, 3.8) is 0 Å². The molecule has 154 valence electrons. The molecule has 6 nitrogen and oxygen atoms in total. The molecule has 1 aliphatic carbocycles. The van der Waals surface area contributed by atoms with E-state index in [0.717, 1.165) is 25.7 Å². The first-order valence-electron chi connectivity index (χ1n) is 10.1. The van der Waals surface area contributed by atoms with Gasteiger partial charge < -0.3 is 20.5 Å². The van der Waals surface area contributed by atoms with Gasteiger partial charge in [0.15, 0.2) is 6.61 Å². The summed E-state index contributed by atoms with van der Waals surface area (Å²) in [5, 5.41) is 2.79. The van der Waals surface area contributed by atoms with Gasteiger partial charge in [-0.05, 0) is 67.5 Å². The first kappa shape index (κ1) is 20.7. The summed E-state index contributed by atoms with van der Waals surface area (Å²) in [6.45, 7) is 4.02. The highest BCUT2D eigenvalue weighted by molar-refractivity contribution is 5.92. The highest BCUT2D eigenvalue weighted by Crippen LogP contribution is 2.26. The quantitative estimate of drug-likeness (QED) is 0.531. The smallest absolute Gasteiger partial charge is 0.338 e. The number of nitrogen functional groups attached to an aromatic ring is 1. The second-order valence-electron chi connectivity index (χ2n) is 7.68. The third-order valence-corrected chi connectivity index (χ3v) is 5.05. The third-order valence-electron chi connectivity index (χ3n) is 5.05. The molecule has 1 aliphatic rings. The molecule has 0 unspecified atom stereocenters. The number of hydrogen-bond donors (Lipinski definition) is 2. The molecule has 1 saturated carbocycles. The number of nitrogens with two attached hydrogens (primary N) is 1. The lowest BCUT2D eigenvalue weighted by Crippen LogP contribution is -2.20. The van der Waals surface area contributed by atoms with E-state index in [1.54, 1.807) is 12.1 Å². The van der Waals surface area contributed by atoms with E-state index in [1.807, 2.05) is 24.3 Å². The maximum Gasteiger partial charge on any atom is 0.338 e. The lowest BCUT2D eigenvalue weighted by Gasteiger charge is -2.13. The van der Waals surface area contributed by atoms with E-state index in [2.05, 4.69) is 19.2 Å². The Bertz CT molecular complexity index is 856. The van der Waals surface area contributed by atoms with E-state index in [9.17, 15) is 9.59 Å². The van der Waals surface area contributed by atoms with Crippen molar-refractivity contribution in [2.75, 3.05) is 17.7 Å². The second-order valence-corrected chi connectivity index (χ2v) is 7.68. The van der Waals surface area contributed by atoms with E-state index in [1.165, 1.54) is 11.6 Å². The number of ether oxygens (including phenoxy) is 2. The predicted molar refractivity (Wildman–Crippen MR) is 113 cm³/mol. The zero-order valence-electron chi connectivity index (χ0n) is 16.9. The standard InChI is InChI=1S/C23H28N2O4/c1-15(2)16-7-10-18(11-8-16)25-22(26)14-28-21-13-17(9-12-20(21)24)23(27)29-19-5-3-4-6-19/h7-13,15,19H,3-6,14,24H2,1-2H3,(H,25,26). The topological polar surface area (TPSA) is 90.6 Å². The van der Waals surface area contributed by atoms with Gasteiger partial charge in [-0.2, -0.15) is 0 Å². The molecule has 0 aromatic heterocycles. The minimum absolute atomic E-state index is 0.0164. The van der Waals surface area contributed by atoms with Crippen molar-refractivity contribution in [1.82, 2.24) is 0 Å². The Morgan fingerprint density at radius 1 is 1.10 bits per heavy atom. The van der Waals surface area contributed by atoms with Crippen LogP contribution < -0.4 is 15.8 Å². The Labute approximate surface area is 171 Å². The zero-order chi connectivity index (χ0) is 20.8. The monoisotopic (exact) mass is 396 g/mol. The Morgan fingerprint density at radius 3 is 2.45 bits per heavy atom. The largest absolute Gasteiger partial charge is 0.482 e. The van der Waals surface area contributed by atoms with Crippen LogP contribution in [-0.4, -0.2) is 24.6 Å². The molecular formula is C23H28N2O4. The second kappa shape index (κ2) is 9.45. The summed E-state index contributed by atoms with van der Waals surface area (Å²) in [5.74, 6) is 0.0203. The minimum atomic E-state index is -0.392. The van der Waals surface area contributed by atoms with E-state index in [0.29, 0.717) is 22.9 Å². The van der Waals surface area contributed by atoms with E-state index >= 15 is 0 Å². The van der Waals surface area contributed by atoms with Gasteiger partial charge in [-0.15, -0.1) is 0 Å². The van der Waals surface area contributed by atoms with E-state index in [-0.39, 0.29) is 24.4 Å². The van der Waals surface area contributed by atoms with Gasteiger partial charge >= 0.3 is 5.97 Å². The third kappa shape index (κ3) is 5.73. The van der Waals surface area contributed by atoms with Crippen LogP contribution in [0.4, 0.5) is 11.4 Å². The van der Waals surface area contributed by atoms with Crippen LogP contribution in [0.25, 0.3) is 0 Å². The first-order chi connectivity index (χ1) is 13.9. The van der Waals surface area contributed by atoms with Crippen molar-refractivity contribution in [2.24, 2.45) is 0 Å². The summed E-state index contributed by atoms with van der Waals surface area (Å²) >= 11 is 0. The van der Waals surface area contributed by atoms with Crippen LogP contribution in [0.5, 0.6) is 5.75 Å². The molecule has 29 heavy (non-hydrogen) atoms. The molecular weight excluding hydrogens is 368 g/mol. The average Bonchev–Trinajstić information content (AvgIpc) is 3.20. The van der Waals surface area contributed by atoms with Crippen LogP contribution in [0.15, 0.2) is 42.5 Å². The Balaban J connectivity index is 1.56. The van der Waals surface area contributed by atoms with Gasteiger partial charge in [0.25, 0.3) is 5.91 Å². The molecule has 0 atom stereocenters. The van der Waals surface area contributed by atoms with Crippen LogP contribution in [-0.2, 0) is 9.53 Å². The molecule has 1 fully saturated rings. The Hall–Kier alpha value is -3.02. The molecule has 2 aromatic rings. The normalized spacial score (nSPS) is 14.0. The fraction of sp³-hybridized carbons (Fsp3) is 0.391. The zero-order valence-corrected chi connectivity index (χ0v) is 16.9. The summed E-state index contributed by atoms with van der Waals surface area (Å²) in [6.07, 6.45) is 3.97. The highest BCUT2D eigenvalue weighted by atomic mass is 16.5. The molecule has 1 amide bonds. The van der Waals surface area contributed by atoms with Gasteiger partial charge in [-0.25, -0.2) is 4.79 Å². The van der Waals surface area contributed by atoms with E-state index < -0.39 is 5.97 Å². The number of nitrogens with one attached hydrogen (secondary N) is 1. The summed E-state index contributed by atoms with van der Waals surface area (Å²) < 4.78 is 11.1. The van der Waals surface area contributed by atoms with Gasteiger partial charge in [0.05, 0.1) is 11.3 Å². The predicted octanol–water partition coefficient (Wildman–Crippen LogP) is 4.51. The molecule has 3 N–H and O–H groups in total. The molecule has 0 saturated heterocycles. The number of esters is 1. The van der Waals surface area contributed by atoms with Crippen molar-refractivity contribution in [1.29, 1.82) is 0 Å². The first-order valence-corrected chi connectivity index (χ1v) is 10.1. The summed E-state index contributed by atoms with van der Waals surface area (Å²) in [5.41, 5.74) is 8.55. The molecule has 6 heteroatoms. The maximum absolute atomic E-state index is 12.3. The maximum atomic E-state index is 12.3. The van der Waals surface area contributed by atoms with Crippen LogP contribution >= 0.6 is 0 Å². The van der Waals surface area contributed by atoms with Gasteiger partial charge in [-0.1, -0.05) is 26.0 Å². The number of amides is 1. The van der Waals surface area contributed by atoms with Crippen LogP contribution in [0.3, 0.4) is 0 Å². The Kier molecular flexibility index (Phi) is 6.75. The van der Waals surface area contributed by atoms with Crippen LogP contribution in [0, 0.1) is 0 Å². The molecule has 0 heterocycles. The molecule has 0 bridgehead atoms. The van der Waals surface area contributed by atoms with Crippen molar-refractivity contribution >= 4 is 23.3 Å². The summed E-state index contributed by atoms with van der Waals surface area (Å²) in [4.78, 5) is 24.5. The van der Waals surface area contributed by atoms with E-state index in [4.69, 9.17) is 15.2 Å². The van der Waals surface area contributed by atoms with Gasteiger partial charge in [0.1, 0.15) is 11.9 Å². The van der Waals surface area contributed by atoms with Crippen LogP contribution in [0.2, 0.25) is 0 Å². The fourth-order valence-electron chi connectivity index (χ4n) is 3.30. The van der Waals surface area contributed by atoms with Crippen molar-refractivity contribution in [2.45, 2.75) is 51.6 Å². The number of hydrogen-bond acceptors (Lipinski definition) is 5. The average molecular weight is 396 g/mol. The van der Waals surface area contributed by atoms with Crippen molar-refractivity contribution < 1.29 is 19.1 Å². The van der Waals surface area contributed by atoms with Crippen molar-refractivity contribution in [3.05, 3.63) is 53.6 Å². The fourth-order valence-corrected chi connectivity index (χ4v) is 3.30. The molecule has 0 radical (unpaired) electrons.